The minimum Gasteiger partial charge on any atom is -0.321 e. The fourth-order valence-electron chi connectivity index (χ4n) is 2.78. The molecule has 1 N–H and O–H groups in total. The Bertz CT molecular complexity index is 1100. The van der Waals surface area contributed by atoms with Gasteiger partial charge in [0.25, 0.3) is 5.91 Å². The number of anilines is 1. The Labute approximate surface area is 162 Å². The van der Waals surface area contributed by atoms with Crippen molar-refractivity contribution in [2.45, 2.75) is 18.9 Å². The van der Waals surface area contributed by atoms with Gasteiger partial charge in [0.1, 0.15) is 10.7 Å². The van der Waals surface area contributed by atoms with Crippen LogP contribution in [-0.4, -0.2) is 31.1 Å². The third-order valence-electron chi connectivity index (χ3n) is 4.27. The van der Waals surface area contributed by atoms with Crippen LogP contribution in [0.1, 0.15) is 29.4 Å². The lowest BCUT2D eigenvalue weighted by Gasteiger charge is -2.06. The Morgan fingerprint density at radius 1 is 1.19 bits per heavy atom. The molecule has 4 aromatic rings. The molecular weight excluding hydrogens is 380 g/mol. The molecule has 0 unspecified atom stereocenters. The Morgan fingerprint density at radius 2 is 2.11 bits per heavy atom. The van der Waals surface area contributed by atoms with Gasteiger partial charge in [0.15, 0.2) is 5.82 Å². The second-order valence-electron chi connectivity index (χ2n) is 6.26. The summed E-state index contributed by atoms with van der Waals surface area (Å²) in [4.78, 5) is 17.0. The molecule has 1 saturated carbocycles. The van der Waals surface area contributed by atoms with Gasteiger partial charge in [-0.3, -0.25) is 4.79 Å². The zero-order chi connectivity index (χ0) is 18.2. The normalized spacial score (nSPS) is 13.6. The standard InChI is InChI=1S/C18H14N6OS2/c25-17(15-10-27-18(20-15)12-6-7-26-9-12)19-13-3-1-2-11(8-13)16-21-22-23-24(16)14-4-5-14/h1-3,6-10,14H,4-5H2,(H,19,25). The highest BCUT2D eigenvalue weighted by Crippen LogP contribution is 2.36. The van der Waals surface area contributed by atoms with Crippen LogP contribution < -0.4 is 5.32 Å². The van der Waals surface area contributed by atoms with Crippen LogP contribution in [0.25, 0.3) is 22.0 Å². The van der Waals surface area contributed by atoms with Crippen molar-refractivity contribution in [3.05, 3.63) is 52.2 Å². The summed E-state index contributed by atoms with van der Waals surface area (Å²) in [7, 11) is 0. The fraction of sp³-hybridized carbons (Fsp3) is 0.167. The largest absolute Gasteiger partial charge is 0.321 e. The number of benzene rings is 1. The van der Waals surface area contributed by atoms with E-state index in [9.17, 15) is 4.79 Å². The summed E-state index contributed by atoms with van der Waals surface area (Å²) in [6.45, 7) is 0. The molecule has 27 heavy (non-hydrogen) atoms. The molecule has 0 radical (unpaired) electrons. The maximum Gasteiger partial charge on any atom is 0.275 e. The van der Waals surface area contributed by atoms with Gasteiger partial charge in [0, 0.05) is 27.6 Å². The van der Waals surface area contributed by atoms with E-state index >= 15 is 0 Å². The molecule has 9 heteroatoms. The van der Waals surface area contributed by atoms with Crippen LogP contribution in [0.15, 0.2) is 46.5 Å². The number of hydrogen-bond donors (Lipinski definition) is 1. The average molecular weight is 394 g/mol. The predicted molar refractivity (Wildman–Crippen MR) is 105 cm³/mol. The van der Waals surface area contributed by atoms with Crippen LogP contribution in [0.3, 0.4) is 0 Å². The Morgan fingerprint density at radius 3 is 2.93 bits per heavy atom. The molecule has 0 aliphatic heterocycles. The Hall–Kier alpha value is -2.91. The summed E-state index contributed by atoms with van der Waals surface area (Å²) in [5, 5.41) is 21.6. The van der Waals surface area contributed by atoms with E-state index < -0.39 is 0 Å². The molecule has 1 amide bonds. The van der Waals surface area contributed by atoms with Crippen molar-refractivity contribution in [1.29, 1.82) is 0 Å². The number of tetrazole rings is 1. The molecule has 1 fully saturated rings. The number of rotatable bonds is 5. The lowest BCUT2D eigenvalue weighted by Crippen LogP contribution is -2.12. The van der Waals surface area contributed by atoms with E-state index in [4.69, 9.17) is 0 Å². The first-order valence-electron chi connectivity index (χ1n) is 8.46. The van der Waals surface area contributed by atoms with E-state index in [1.165, 1.54) is 11.3 Å². The molecule has 3 heterocycles. The van der Waals surface area contributed by atoms with Gasteiger partial charge in [-0.1, -0.05) is 12.1 Å². The summed E-state index contributed by atoms with van der Waals surface area (Å²) in [6, 6.07) is 9.94. The topological polar surface area (TPSA) is 85.6 Å². The highest BCUT2D eigenvalue weighted by Gasteiger charge is 2.28. The summed E-state index contributed by atoms with van der Waals surface area (Å²) < 4.78 is 1.86. The predicted octanol–water partition coefficient (Wildman–Crippen LogP) is 4.11. The highest BCUT2D eigenvalue weighted by molar-refractivity contribution is 7.14. The molecule has 0 saturated heterocycles. The van der Waals surface area contributed by atoms with Gasteiger partial charge in [-0.05, 0) is 46.8 Å². The lowest BCUT2D eigenvalue weighted by atomic mass is 10.2. The summed E-state index contributed by atoms with van der Waals surface area (Å²) >= 11 is 3.07. The van der Waals surface area contributed by atoms with Crippen molar-refractivity contribution in [3.63, 3.8) is 0 Å². The molecule has 7 nitrogen and oxygen atoms in total. The van der Waals surface area contributed by atoms with Gasteiger partial charge < -0.3 is 5.32 Å². The van der Waals surface area contributed by atoms with Gasteiger partial charge in [-0.15, -0.1) is 16.4 Å². The zero-order valence-corrected chi connectivity index (χ0v) is 15.7. The number of thiophene rings is 1. The number of carbonyl (C=O) groups is 1. The number of hydrogen-bond acceptors (Lipinski definition) is 7. The third kappa shape index (κ3) is 3.26. The molecule has 1 aliphatic rings. The average Bonchev–Trinajstić information content (AvgIpc) is 3.15. The van der Waals surface area contributed by atoms with Crippen LogP contribution in [0, 0.1) is 0 Å². The van der Waals surface area contributed by atoms with Crippen molar-refractivity contribution in [3.8, 4) is 22.0 Å². The highest BCUT2D eigenvalue weighted by atomic mass is 32.1. The van der Waals surface area contributed by atoms with Crippen molar-refractivity contribution < 1.29 is 4.79 Å². The minimum atomic E-state index is -0.230. The second kappa shape index (κ2) is 6.67. The third-order valence-corrected chi connectivity index (χ3v) is 5.84. The van der Waals surface area contributed by atoms with Crippen molar-refractivity contribution in [1.82, 2.24) is 25.2 Å². The second-order valence-corrected chi connectivity index (χ2v) is 7.90. The van der Waals surface area contributed by atoms with Gasteiger partial charge in [-0.25, -0.2) is 9.67 Å². The minimum absolute atomic E-state index is 0.230. The van der Waals surface area contributed by atoms with Gasteiger partial charge in [-0.2, -0.15) is 11.3 Å². The number of amides is 1. The maximum atomic E-state index is 12.6. The summed E-state index contributed by atoms with van der Waals surface area (Å²) in [5.41, 5.74) is 3.02. The molecule has 5 rings (SSSR count). The Kier molecular flexibility index (Phi) is 4.02. The SMILES string of the molecule is O=C(Nc1cccc(-c2nnnn2C2CC2)c1)c1csc(-c2ccsc2)n1. The number of nitrogens with one attached hydrogen (secondary N) is 1. The molecule has 0 spiro atoms. The van der Waals surface area contributed by atoms with Crippen molar-refractivity contribution >= 4 is 34.3 Å². The quantitative estimate of drug-likeness (QED) is 0.550. The van der Waals surface area contributed by atoms with Crippen LogP contribution in [0.4, 0.5) is 5.69 Å². The van der Waals surface area contributed by atoms with Crippen LogP contribution in [0.2, 0.25) is 0 Å². The molecule has 0 bridgehead atoms. The van der Waals surface area contributed by atoms with E-state index in [1.54, 1.807) is 16.7 Å². The fourth-order valence-corrected chi connectivity index (χ4v) is 4.29. The number of thiazole rings is 1. The van der Waals surface area contributed by atoms with Gasteiger partial charge >= 0.3 is 0 Å². The smallest absolute Gasteiger partial charge is 0.275 e. The monoisotopic (exact) mass is 394 g/mol. The number of nitrogens with zero attached hydrogens (tertiary/aromatic N) is 5. The lowest BCUT2D eigenvalue weighted by molar-refractivity contribution is 0.102. The van der Waals surface area contributed by atoms with Crippen LogP contribution in [-0.2, 0) is 0 Å². The van der Waals surface area contributed by atoms with Crippen LogP contribution in [0.5, 0.6) is 0 Å². The Balaban J connectivity index is 1.36. The number of carbonyl (C=O) groups excluding carboxylic acids is 1. The van der Waals surface area contributed by atoms with E-state index in [2.05, 4.69) is 25.8 Å². The zero-order valence-electron chi connectivity index (χ0n) is 14.1. The summed E-state index contributed by atoms with van der Waals surface area (Å²) in [5.74, 6) is 0.494. The van der Waals surface area contributed by atoms with Crippen LogP contribution >= 0.6 is 22.7 Å². The van der Waals surface area contributed by atoms with E-state index in [-0.39, 0.29) is 5.91 Å². The summed E-state index contributed by atoms with van der Waals surface area (Å²) in [6.07, 6.45) is 2.20. The molecule has 3 aromatic heterocycles. The van der Waals surface area contributed by atoms with E-state index in [0.717, 1.165) is 34.8 Å². The van der Waals surface area contributed by atoms with Gasteiger partial charge in [0.05, 0.1) is 6.04 Å². The number of aromatic nitrogens is 5. The molecule has 0 atom stereocenters. The van der Waals surface area contributed by atoms with Crippen molar-refractivity contribution in [2.75, 3.05) is 5.32 Å². The molecule has 1 aliphatic carbocycles. The molecular formula is C18H14N6OS2. The van der Waals surface area contributed by atoms with Crippen molar-refractivity contribution in [2.24, 2.45) is 0 Å². The first-order valence-corrected chi connectivity index (χ1v) is 10.3. The molecule has 1 aromatic carbocycles. The van der Waals surface area contributed by atoms with E-state index in [0.29, 0.717) is 17.4 Å². The first kappa shape index (κ1) is 16.3. The first-order chi connectivity index (χ1) is 13.3. The van der Waals surface area contributed by atoms with E-state index in [1.807, 2.05) is 45.8 Å². The molecule has 134 valence electrons. The maximum absolute atomic E-state index is 12.6. The van der Waals surface area contributed by atoms with Gasteiger partial charge in [0.2, 0.25) is 0 Å².